The molecule has 0 radical (unpaired) electrons. The quantitative estimate of drug-likeness (QED) is 0.312. The number of hydrogen-bond donors (Lipinski definition) is 0. The van der Waals surface area contributed by atoms with Crippen molar-refractivity contribution in [2.45, 2.75) is 53.6 Å². The van der Waals surface area contributed by atoms with Gasteiger partial charge >= 0.3 is 0 Å². The highest BCUT2D eigenvalue weighted by atomic mass is 15.1. The lowest BCUT2D eigenvalue weighted by Crippen LogP contribution is -2.49. The number of benzene rings is 4. The Balaban J connectivity index is 1.76. The van der Waals surface area contributed by atoms with Crippen molar-refractivity contribution in [2.24, 2.45) is 5.92 Å². The smallest absolute Gasteiger partial charge is 0.0106 e. The van der Waals surface area contributed by atoms with Crippen LogP contribution >= 0.6 is 0 Å². The van der Waals surface area contributed by atoms with Gasteiger partial charge in [0.25, 0.3) is 0 Å². The van der Waals surface area contributed by atoms with E-state index in [-0.39, 0.29) is 6.49 Å². The molecule has 2 aliphatic rings. The molecule has 0 heterocycles. The fourth-order valence-electron chi connectivity index (χ4n) is 6.92. The lowest BCUT2D eigenvalue weighted by atomic mass is 9.54. The Morgan fingerprint density at radius 1 is 0.750 bits per heavy atom. The molecular formula is C34H35BN-. The predicted molar refractivity (Wildman–Crippen MR) is 160 cm³/mol. The SMILES string of the molecule is CC1=Cc2c(ccc3ccccc23)C1=[B-](C1=c2ccc3ccccc3c2=CC1C)N(C(C)C)C(C)C. The van der Waals surface area contributed by atoms with Crippen LogP contribution in [0.2, 0.25) is 0 Å². The van der Waals surface area contributed by atoms with Gasteiger partial charge < -0.3 is 4.81 Å². The minimum atomic E-state index is 0.220. The largest absolute Gasteiger partial charge is 0.578 e. The molecule has 1 atom stereocenters. The summed E-state index contributed by atoms with van der Waals surface area (Å²) in [6.07, 6.45) is 4.94. The highest BCUT2D eigenvalue weighted by Crippen LogP contribution is 2.34. The second-order valence-corrected chi connectivity index (χ2v) is 11.2. The first-order valence-electron chi connectivity index (χ1n) is 13.5. The summed E-state index contributed by atoms with van der Waals surface area (Å²) in [5.74, 6) is 0.376. The Labute approximate surface area is 215 Å². The fourth-order valence-corrected chi connectivity index (χ4v) is 6.92. The summed E-state index contributed by atoms with van der Waals surface area (Å²) in [6, 6.07) is 27.9. The third kappa shape index (κ3) is 3.42. The molecule has 1 unspecified atom stereocenters. The summed E-state index contributed by atoms with van der Waals surface area (Å²) < 4.78 is 0. The van der Waals surface area contributed by atoms with E-state index in [1.807, 2.05) is 0 Å². The van der Waals surface area contributed by atoms with Crippen LogP contribution in [0.5, 0.6) is 0 Å². The zero-order valence-corrected chi connectivity index (χ0v) is 22.3. The maximum absolute atomic E-state index is 2.74. The molecule has 6 rings (SSSR count). The normalized spacial score (nSPS) is 18.1. The summed E-state index contributed by atoms with van der Waals surface area (Å²) in [7, 11) is 0. The van der Waals surface area contributed by atoms with E-state index in [1.165, 1.54) is 54.1 Å². The number of fused-ring (bicyclic) bond motifs is 6. The third-order valence-corrected chi connectivity index (χ3v) is 8.29. The minimum Gasteiger partial charge on any atom is -0.578 e. The minimum absolute atomic E-state index is 0.220. The lowest BCUT2D eigenvalue weighted by Gasteiger charge is -2.50. The van der Waals surface area contributed by atoms with Crippen molar-refractivity contribution in [1.29, 1.82) is 0 Å². The van der Waals surface area contributed by atoms with Crippen molar-refractivity contribution in [2.75, 3.05) is 0 Å². The van der Waals surface area contributed by atoms with Gasteiger partial charge in [0.15, 0.2) is 0 Å². The fraction of sp³-hybridized carbons (Fsp3) is 0.265. The van der Waals surface area contributed by atoms with Crippen LogP contribution < -0.4 is 10.4 Å². The number of allylic oxidation sites excluding steroid dienone is 1. The molecule has 0 aliphatic heterocycles. The van der Waals surface area contributed by atoms with Gasteiger partial charge in [-0.1, -0.05) is 108 Å². The van der Waals surface area contributed by atoms with Gasteiger partial charge in [0.1, 0.15) is 0 Å². The van der Waals surface area contributed by atoms with Crippen molar-refractivity contribution < 1.29 is 0 Å². The molecule has 0 saturated heterocycles. The van der Waals surface area contributed by atoms with Crippen molar-refractivity contribution in [3.8, 4) is 0 Å². The Morgan fingerprint density at radius 2 is 1.36 bits per heavy atom. The van der Waals surface area contributed by atoms with E-state index in [4.69, 9.17) is 0 Å². The summed E-state index contributed by atoms with van der Waals surface area (Å²) in [5.41, 5.74) is 7.20. The van der Waals surface area contributed by atoms with Crippen molar-refractivity contribution >= 4 is 51.1 Å². The molecule has 1 nitrogen and oxygen atoms in total. The molecule has 0 spiro atoms. The Kier molecular flexibility index (Phi) is 5.52. The third-order valence-electron chi connectivity index (χ3n) is 8.29. The van der Waals surface area contributed by atoms with Gasteiger partial charge in [0, 0.05) is 0 Å². The zero-order valence-electron chi connectivity index (χ0n) is 22.3. The second kappa shape index (κ2) is 8.62. The van der Waals surface area contributed by atoms with Gasteiger partial charge in [-0.2, -0.15) is 5.46 Å². The first kappa shape index (κ1) is 23.0. The maximum Gasteiger partial charge on any atom is -0.0106 e. The van der Waals surface area contributed by atoms with E-state index >= 15 is 0 Å². The number of nitrogens with zero attached hydrogens (tertiary/aromatic N) is 1. The van der Waals surface area contributed by atoms with Crippen LogP contribution in [-0.2, 0) is 0 Å². The highest BCUT2D eigenvalue weighted by Gasteiger charge is 2.24. The summed E-state index contributed by atoms with van der Waals surface area (Å²) in [6.45, 7) is 14.4. The molecule has 2 aliphatic carbocycles. The van der Waals surface area contributed by atoms with E-state index in [2.05, 4.69) is 131 Å². The molecule has 2 heteroatoms. The Bertz CT molecular complexity index is 1710. The molecule has 4 aromatic carbocycles. The van der Waals surface area contributed by atoms with Gasteiger partial charge in [-0.05, 0) is 91.4 Å². The Morgan fingerprint density at radius 3 is 2.06 bits per heavy atom. The topological polar surface area (TPSA) is 3.24 Å². The molecule has 180 valence electrons. The highest BCUT2D eigenvalue weighted by molar-refractivity contribution is 6.88. The monoisotopic (exact) mass is 468 g/mol. The molecular weight excluding hydrogens is 433 g/mol. The van der Waals surface area contributed by atoms with E-state index in [0.717, 1.165) is 0 Å². The molecule has 0 aromatic heterocycles. The van der Waals surface area contributed by atoms with Crippen LogP contribution in [0.1, 0.15) is 52.7 Å². The van der Waals surface area contributed by atoms with E-state index in [9.17, 15) is 0 Å². The molecule has 0 bridgehead atoms. The Hall–Kier alpha value is -3.39. The second-order valence-electron chi connectivity index (χ2n) is 11.2. The van der Waals surface area contributed by atoms with Gasteiger partial charge in [-0.25, -0.2) is 5.47 Å². The first-order valence-corrected chi connectivity index (χ1v) is 13.5. The molecule has 0 amide bonds. The van der Waals surface area contributed by atoms with Crippen LogP contribution in [0, 0.1) is 5.92 Å². The maximum atomic E-state index is 2.74. The van der Waals surface area contributed by atoms with Gasteiger partial charge in [0.2, 0.25) is 0 Å². The molecule has 0 N–H and O–H groups in total. The van der Waals surface area contributed by atoms with Gasteiger partial charge in [0.05, 0.1) is 0 Å². The molecule has 0 saturated carbocycles. The van der Waals surface area contributed by atoms with Crippen molar-refractivity contribution in [1.82, 2.24) is 4.81 Å². The van der Waals surface area contributed by atoms with Crippen LogP contribution in [0.25, 0.3) is 39.2 Å². The van der Waals surface area contributed by atoms with E-state index in [1.54, 1.807) is 5.47 Å². The van der Waals surface area contributed by atoms with Gasteiger partial charge in [-0.15, -0.1) is 0 Å². The molecule has 36 heavy (non-hydrogen) atoms. The molecule has 4 aromatic rings. The average Bonchev–Trinajstić information content (AvgIpc) is 3.38. The van der Waals surface area contributed by atoms with Crippen LogP contribution in [0.3, 0.4) is 0 Å². The van der Waals surface area contributed by atoms with Gasteiger partial charge in [-0.3, -0.25) is 0 Å². The summed E-state index contributed by atoms with van der Waals surface area (Å²) in [5, 5.41) is 8.19. The summed E-state index contributed by atoms with van der Waals surface area (Å²) in [4.78, 5) is 2.74. The van der Waals surface area contributed by atoms with Crippen LogP contribution in [0.15, 0.2) is 78.4 Å². The number of rotatable bonds is 4. The average molecular weight is 468 g/mol. The van der Waals surface area contributed by atoms with E-state index < -0.39 is 0 Å². The lowest BCUT2D eigenvalue weighted by molar-refractivity contribution is 0.313. The van der Waals surface area contributed by atoms with Crippen molar-refractivity contribution in [3.63, 3.8) is 0 Å². The van der Waals surface area contributed by atoms with Crippen LogP contribution in [0.4, 0.5) is 0 Å². The predicted octanol–water partition coefficient (Wildman–Crippen LogP) is 6.44. The van der Waals surface area contributed by atoms with Crippen LogP contribution in [-0.4, -0.2) is 28.8 Å². The molecule has 0 fully saturated rings. The summed E-state index contributed by atoms with van der Waals surface area (Å²) >= 11 is 0. The first-order chi connectivity index (χ1) is 17.4. The zero-order chi connectivity index (χ0) is 25.1. The van der Waals surface area contributed by atoms with Crippen molar-refractivity contribution in [3.05, 3.63) is 99.9 Å². The standard InChI is InChI=1S/C34H35BN/c1-21(2)36(22(3)4)35(33-23(5)19-31-27-13-9-7-11-25(27)15-17-29(31)33)34-24(6)20-32-28-14-10-8-12-26(28)16-18-30(32)34/h7-23H,1-6H3/q-1. The number of hydrogen-bond acceptors (Lipinski definition) is 1. The van der Waals surface area contributed by atoms with E-state index in [0.29, 0.717) is 18.0 Å².